The molecule has 6 nitrogen and oxygen atoms in total. The van der Waals surface area contributed by atoms with Gasteiger partial charge in [0.05, 0.1) is 7.11 Å². The number of nitrogens with zero attached hydrogens (tertiary/aromatic N) is 1. The third-order valence-electron chi connectivity index (χ3n) is 4.19. The number of carbonyl (C=O) groups is 3. The van der Waals surface area contributed by atoms with Crippen LogP contribution < -0.4 is 5.32 Å². The Morgan fingerprint density at radius 2 is 1.96 bits per heavy atom. The first-order valence-corrected chi connectivity index (χ1v) is 8.34. The minimum absolute atomic E-state index is 0.0564. The van der Waals surface area contributed by atoms with Crippen molar-refractivity contribution in [1.82, 2.24) is 10.2 Å². The SMILES string of the molecule is COC(=O)C1CCCCN1C(=O)CCCNC(=O)c1ccccc1. The molecule has 1 aliphatic heterocycles. The van der Waals surface area contributed by atoms with Crippen LogP contribution in [0.25, 0.3) is 0 Å². The monoisotopic (exact) mass is 332 g/mol. The molecule has 0 aromatic heterocycles. The zero-order valence-electron chi connectivity index (χ0n) is 14.0. The van der Waals surface area contributed by atoms with Crippen LogP contribution in [-0.4, -0.2) is 48.9 Å². The van der Waals surface area contributed by atoms with E-state index in [2.05, 4.69) is 5.32 Å². The summed E-state index contributed by atoms with van der Waals surface area (Å²) in [5.41, 5.74) is 0.602. The summed E-state index contributed by atoms with van der Waals surface area (Å²) in [6.45, 7) is 1.02. The van der Waals surface area contributed by atoms with Crippen molar-refractivity contribution in [2.45, 2.75) is 38.1 Å². The molecule has 1 atom stereocenters. The molecule has 0 saturated carbocycles. The van der Waals surface area contributed by atoms with Gasteiger partial charge in [0.2, 0.25) is 5.91 Å². The van der Waals surface area contributed by atoms with E-state index in [4.69, 9.17) is 4.74 Å². The third-order valence-corrected chi connectivity index (χ3v) is 4.19. The minimum Gasteiger partial charge on any atom is -0.467 e. The maximum atomic E-state index is 12.3. The summed E-state index contributed by atoms with van der Waals surface area (Å²) in [4.78, 5) is 37.7. The summed E-state index contributed by atoms with van der Waals surface area (Å²) in [5, 5.41) is 2.80. The molecule has 1 heterocycles. The van der Waals surface area contributed by atoms with Crippen LogP contribution in [0.2, 0.25) is 0 Å². The fraction of sp³-hybridized carbons (Fsp3) is 0.500. The van der Waals surface area contributed by atoms with E-state index in [0.29, 0.717) is 37.9 Å². The first kappa shape index (κ1) is 18.0. The van der Waals surface area contributed by atoms with E-state index in [1.807, 2.05) is 18.2 Å². The highest BCUT2D eigenvalue weighted by Crippen LogP contribution is 2.19. The lowest BCUT2D eigenvalue weighted by Gasteiger charge is -2.33. The Hall–Kier alpha value is -2.37. The predicted molar refractivity (Wildman–Crippen MR) is 89.4 cm³/mol. The lowest BCUT2D eigenvalue weighted by molar-refractivity contribution is -0.154. The Morgan fingerprint density at radius 3 is 2.67 bits per heavy atom. The highest BCUT2D eigenvalue weighted by molar-refractivity contribution is 5.94. The molecule has 1 saturated heterocycles. The predicted octanol–water partition coefficient (Wildman–Crippen LogP) is 1.75. The molecular formula is C18H24N2O4. The quantitative estimate of drug-likeness (QED) is 0.636. The van der Waals surface area contributed by atoms with E-state index in [0.717, 1.165) is 12.8 Å². The number of benzene rings is 1. The summed E-state index contributed by atoms with van der Waals surface area (Å²) in [5.74, 6) is -0.548. The van der Waals surface area contributed by atoms with Crippen molar-refractivity contribution < 1.29 is 19.1 Å². The molecule has 1 unspecified atom stereocenters. The second-order valence-corrected chi connectivity index (χ2v) is 5.85. The first-order valence-electron chi connectivity index (χ1n) is 8.34. The van der Waals surface area contributed by atoms with Crippen LogP contribution in [0.5, 0.6) is 0 Å². The maximum Gasteiger partial charge on any atom is 0.328 e. The van der Waals surface area contributed by atoms with E-state index >= 15 is 0 Å². The van der Waals surface area contributed by atoms with Crippen molar-refractivity contribution in [3.63, 3.8) is 0 Å². The number of ether oxygens (including phenoxy) is 1. The Balaban J connectivity index is 1.76. The average Bonchev–Trinajstić information content (AvgIpc) is 2.64. The number of esters is 1. The second-order valence-electron chi connectivity index (χ2n) is 5.85. The Kier molecular flexibility index (Phi) is 6.78. The molecule has 0 spiro atoms. The fourth-order valence-electron chi connectivity index (χ4n) is 2.89. The second kappa shape index (κ2) is 9.05. The van der Waals surface area contributed by atoms with Gasteiger partial charge in [0, 0.05) is 25.1 Å². The van der Waals surface area contributed by atoms with Crippen molar-refractivity contribution in [2.75, 3.05) is 20.2 Å². The van der Waals surface area contributed by atoms with Crippen molar-refractivity contribution >= 4 is 17.8 Å². The third kappa shape index (κ3) is 4.81. The molecule has 24 heavy (non-hydrogen) atoms. The van der Waals surface area contributed by atoms with Crippen molar-refractivity contribution in [3.05, 3.63) is 35.9 Å². The number of likely N-dealkylation sites (tertiary alicyclic amines) is 1. The zero-order valence-corrected chi connectivity index (χ0v) is 14.0. The van der Waals surface area contributed by atoms with E-state index in [9.17, 15) is 14.4 Å². The fourth-order valence-corrected chi connectivity index (χ4v) is 2.89. The van der Waals surface area contributed by atoms with Gasteiger partial charge >= 0.3 is 5.97 Å². The molecule has 0 radical (unpaired) electrons. The van der Waals surface area contributed by atoms with Crippen LogP contribution in [0.3, 0.4) is 0 Å². The van der Waals surface area contributed by atoms with Gasteiger partial charge < -0.3 is 15.0 Å². The number of carbonyl (C=O) groups excluding carboxylic acids is 3. The van der Waals surface area contributed by atoms with Crippen molar-refractivity contribution in [1.29, 1.82) is 0 Å². The molecule has 1 fully saturated rings. The Bertz CT molecular complexity index is 574. The van der Waals surface area contributed by atoms with Gasteiger partial charge in [0.25, 0.3) is 5.91 Å². The first-order chi connectivity index (χ1) is 11.6. The Labute approximate surface area is 142 Å². The van der Waals surface area contributed by atoms with Gasteiger partial charge in [0.1, 0.15) is 6.04 Å². The lowest BCUT2D eigenvalue weighted by atomic mass is 10.0. The molecule has 1 aromatic carbocycles. The van der Waals surface area contributed by atoms with Crippen LogP contribution in [0.15, 0.2) is 30.3 Å². The number of methoxy groups -OCH3 is 1. The van der Waals surface area contributed by atoms with Gasteiger partial charge in [-0.05, 0) is 37.8 Å². The van der Waals surface area contributed by atoms with Crippen molar-refractivity contribution in [3.8, 4) is 0 Å². The standard InChI is InChI=1S/C18H24N2O4/c1-24-18(23)15-10-5-6-13-20(15)16(21)11-7-12-19-17(22)14-8-3-2-4-9-14/h2-4,8-9,15H,5-7,10-13H2,1H3,(H,19,22). The number of nitrogens with one attached hydrogen (secondary N) is 1. The van der Waals surface area contributed by atoms with E-state index in [1.165, 1.54) is 7.11 Å². The van der Waals surface area contributed by atoms with Gasteiger partial charge in [-0.25, -0.2) is 4.79 Å². The number of rotatable bonds is 6. The molecule has 6 heteroatoms. The summed E-state index contributed by atoms with van der Waals surface area (Å²) in [6, 6.07) is 8.50. The van der Waals surface area contributed by atoms with Crippen LogP contribution in [0.1, 0.15) is 42.5 Å². The molecule has 2 amide bonds. The number of piperidine rings is 1. The summed E-state index contributed by atoms with van der Waals surface area (Å²) in [6.07, 6.45) is 3.34. The van der Waals surface area contributed by atoms with Crippen molar-refractivity contribution in [2.24, 2.45) is 0 Å². The topological polar surface area (TPSA) is 75.7 Å². The van der Waals surface area contributed by atoms with E-state index in [-0.39, 0.29) is 17.8 Å². The number of hydrogen-bond acceptors (Lipinski definition) is 4. The zero-order chi connectivity index (χ0) is 17.4. The van der Waals surface area contributed by atoms with Gasteiger partial charge in [-0.3, -0.25) is 9.59 Å². The average molecular weight is 332 g/mol. The van der Waals surface area contributed by atoms with E-state index in [1.54, 1.807) is 17.0 Å². The highest BCUT2D eigenvalue weighted by Gasteiger charge is 2.32. The molecule has 1 aromatic rings. The molecule has 1 aliphatic rings. The highest BCUT2D eigenvalue weighted by atomic mass is 16.5. The van der Waals surface area contributed by atoms with Gasteiger partial charge in [-0.1, -0.05) is 18.2 Å². The van der Waals surface area contributed by atoms with Gasteiger partial charge in [0.15, 0.2) is 0 Å². The molecule has 0 aliphatic carbocycles. The minimum atomic E-state index is -0.463. The lowest BCUT2D eigenvalue weighted by Crippen LogP contribution is -2.48. The van der Waals surface area contributed by atoms with Crippen LogP contribution in [0, 0.1) is 0 Å². The summed E-state index contributed by atoms with van der Waals surface area (Å²) < 4.78 is 4.79. The van der Waals surface area contributed by atoms with Crippen LogP contribution in [0.4, 0.5) is 0 Å². The van der Waals surface area contributed by atoms with Crippen LogP contribution >= 0.6 is 0 Å². The largest absolute Gasteiger partial charge is 0.467 e. The maximum absolute atomic E-state index is 12.3. The van der Waals surface area contributed by atoms with Gasteiger partial charge in [-0.2, -0.15) is 0 Å². The van der Waals surface area contributed by atoms with Gasteiger partial charge in [-0.15, -0.1) is 0 Å². The smallest absolute Gasteiger partial charge is 0.328 e. The molecule has 130 valence electrons. The molecule has 0 bridgehead atoms. The van der Waals surface area contributed by atoms with Crippen LogP contribution in [-0.2, 0) is 14.3 Å². The Morgan fingerprint density at radius 1 is 1.21 bits per heavy atom. The normalized spacial score (nSPS) is 17.2. The molecule has 1 N–H and O–H groups in total. The van der Waals surface area contributed by atoms with E-state index < -0.39 is 6.04 Å². The summed E-state index contributed by atoms with van der Waals surface area (Å²) >= 11 is 0. The number of hydrogen-bond donors (Lipinski definition) is 1. The summed E-state index contributed by atoms with van der Waals surface area (Å²) in [7, 11) is 1.35. The number of amides is 2. The molecular weight excluding hydrogens is 308 g/mol. The molecule has 2 rings (SSSR count).